The molecule has 3 heteroatoms. The molecule has 0 spiro atoms. The summed E-state index contributed by atoms with van der Waals surface area (Å²) in [5.74, 6) is -0.320. The van der Waals surface area contributed by atoms with Gasteiger partial charge in [0.2, 0.25) is 0 Å². The standard InChI is InChI=1S/C25H50NO2/c1-6-8-9-10-11-12-13-14-15-16-17-18-19-20-21-24(3)26(4,5)22-23-28-25(27)7-2/h7,24H,2,6,8-23H2,1,3-5H3/q+1. The minimum absolute atomic E-state index is 0.320. The highest BCUT2D eigenvalue weighted by Crippen LogP contribution is 2.16. The number of esters is 1. The monoisotopic (exact) mass is 396 g/mol. The molecule has 0 aromatic rings. The third-order valence-electron chi connectivity index (χ3n) is 6.25. The SMILES string of the molecule is C=CC(=O)OCC[N+](C)(C)C(C)CCCCCCCCCCCCCCCC. The van der Waals surface area contributed by atoms with E-state index in [4.69, 9.17) is 4.74 Å². The third kappa shape index (κ3) is 16.2. The number of carbonyl (C=O) groups is 1. The van der Waals surface area contributed by atoms with Gasteiger partial charge in [0, 0.05) is 6.08 Å². The minimum atomic E-state index is -0.320. The van der Waals surface area contributed by atoms with Crippen molar-refractivity contribution in [3.63, 3.8) is 0 Å². The summed E-state index contributed by atoms with van der Waals surface area (Å²) >= 11 is 0. The van der Waals surface area contributed by atoms with E-state index < -0.39 is 0 Å². The molecule has 0 aromatic carbocycles. The van der Waals surface area contributed by atoms with Gasteiger partial charge < -0.3 is 9.22 Å². The smallest absolute Gasteiger partial charge is 0.330 e. The summed E-state index contributed by atoms with van der Waals surface area (Å²) in [4.78, 5) is 11.1. The number of likely N-dealkylation sites (N-methyl/N-ethyl adjacent to an activating group) is 1. The van der Waals surface area contributed by atoms with E-state index in [2.05, 4.69) is 34.5 Å². The molecule has 0 aliphatic rings. The second-order valence-electron chi connectivity index (χ2n) is 9.11. The van der Waals surface area contributed by atoms with Gasteiger partial charge in [-0.1, -0.05) is 97.0 Å². The highest BCUT2D eigenvalue weighted by atomic mass is 16.5. The Morgan fingerprint density at radius 3 is 1.71 bits per heavy atom. The van der Waals surface area contributed by atoms with Crippen LogP contribution in [0.25, 0.3) is 0 Å². The highest BCUT2D eigenvalue weighted by molar-refractivity contribution is 5.81. The Morgan fingerprint density at radius 1 is 0.857 bits per heavy atom. The molecule has 166 valence electrons. The quantitative estimate of drug-likeness (QED) is 0.0953. The molecule has 0 fully saturated rings. The lowest BCUT2D eigenvalue weighted by Gasteiger charge is -2.36. The molecule has 0 radical (unpaired) electrons. The summed E-state index contributed by atoms with van der Waals surface area (Å²) in [7, 11) is 4.46. The van der Waals surface area contributed by atoms with Crippen molar-refractivity contribution in [1.29, 1.82) is 0 Å². The van der Waals surface area contributed by atoms with Gasteiger partial charge in [0.15, 0.2) is 0 Å². The molecule has 0 amide bonds. The van der Waals surface area contributed by atoms with Gasteiger partial charge in [-0.2, -0.15) is 0 Å². The lowest BCUT2D eigenvalue weighted by molar-refractivity contribution is -0.913. The van der Waals surface area contributed by atoms with Crippen LogP contribution in [0.5, 0.6) is 0 Å². The predicted octanol–water partition coefficient (Wildman–Crippen LogP) is 7.05. The van der Waals surface area contributed by atoms with Crippen molar-refractivity contribution in [2.24, 2.45) is 0 Å². The molecule has 0 N–H and O–H groups in total. The predicted molar refractivity (Wildman–Crippen MR) is 123 cm³/mol. The van der Waals surface area contributed by atoms with Crippen molar-refractivity contribution < 1.29 is 14.0 Å². The normalized spacial score (nSPS) is 12.7. The first-order chi connectivity index (χ1) is 13.4. The number of ether oxygens (including phenoxy) is 1. The van der Waals surface area contributed by atoms with E-state index in [0.29, 0.717) is 12.6 Å². The molecular formula is C25H50NO2+. The Balaban J connectivity index is 3.47. The van der Waals surface area contributed by atoms with E-state index in [1.807, 2.05) is 0 Å². The van der Waals surface area contributed by atoms with Crippen LogP contribution in [0.2, 0.25) is 0 Å². The first-order valence-corrected chi connectivity index (χ1v) is 12.1. The molecule has 1 atom stereocenters. The van der Waals surface area contributed by atoms with Gasteiger partial charge in [0.05, 0.1) is 20.1 Å². The van der Waals surface area contributed by atoms with Crippen LogP contribution in [0.4, 0.5) is 0 Å². The highest BCUT2D eigenvalue weighted by Gasteiger charge is 2.23. The second kappa shape index (κ2) is 18.2. The van der Waals surface area contributed by atoms with E-state index in [1.54, 1.807) is 0 Å². The first-order valence-electron chi connectivity index (χ1n) is 12.1. The maximum absolute atomic E-state index is 11.1. The molecule has 3 nitrogen and oxygen atoms in total. The summed E-state index contributed by atoms with van der Waals surface area (Å²) in [6.07, 6.45) is 22.2. The Kier molecular flexibility index (Phi) is 17.7. The summed E-state index contributed by atoms with van der Waals surface area (Å²) in [5.41, 5.74) is 0. The number of nitrogens with zero attached hydrogens (tertiary/aromatic N) is 1. The van der Waals surface area contributed by atoms with Crippen LogP contribution < -0.4 is 0 Å². The summed E-state index contributed by atoms with van der Waals surface area (Å²) in [6.45, 7) is 9.37. The largest absolute Gasteiger partial charge is 0.457 e. The van der Waals surface area contributed by atoms with Crippen molar-refractivity contribution in [1.82, 2.24) is 0 Å². The Bertz CT molecular complexity index is 379. The fourth-order valence-electron chi connectivity index (χ4n) is 3.64. The first kappa shape index (κ1) is 27.2. The summed E-state index contributed by atoms with van der Waals surface area (Å²) in [6, 6.07) is 0.597. The van der Waals surface area contributed by atoms with Crippen LogP contribution >= 0.6 is 0 Å². The Labute approximate surface area is 176 Å². The van der Waals surface area contributed by atoms with Crippen LogP contribution in [0, 0.1) is 0 Å². The van der Waals surface area contributed by atoms with Crippen LogP contribution in [-0.4, -0.2) is 43.7 Å². The van der Waals surface area contributed by atoms with Crippen molar-refractivity contribution in [3.8, 4) is 0 Å². The topological polar surface area (TPSA) is 26.3 Å². The molecule has 0 aliphatic heterocycles. The Hall–Kier alpha value is -0.830. The van der Waals surface area contributed by atoms with E-state index in [1.165, 1.54) is 102 Å². The van der Waals surface area contributed by atoms with Crippen LogP contribution in [-0.2, 0) is 9.53 Å². The van der Waals surface area contributed by atoms with Crippen LogP contribution in [0.1, 0.15) is 110 Å². The average molecular weight is 397 g/mol. The molecule has 0 saturated heterocycles. The lowest BCUT2D eigenvalue weighted by atomic mass is 10.0. The third-order valence-corrected chi connectivity index (χ3v) is 6.25. The lowest BCUT2D eigenvalue weighted by Crippen LogP contribution is -2.49. The molecule has 0 heterocycles. The van der Waals surface area contributed by atoms with E-state index in [-0.39, 0.29) is 5.97 Å². The zero-order valence-electron chi connectivity index (χ0n) is 19.6. The van der Waals surface area contributed by atoms with Crippen LogP contribution in [0.15, 0.2) is 12.7 Å². The molecule has 1 unspecified atom stereocenters. The molecule has 0 rings (SSSR count). The maximum Gasteiger partial charge on any atom is 0.330 e. The van der Waals surface area contributed by atoms with Crippen molar-refractivity contribution in [3.05, 3.63) is 12.7 Å². The minimum Gasteiger partial charge on any atom is -0.457 e. The number of rotatable bonds is 20. The van der Waals surface area contributed by atoms with Gasteiger partial charge in [-0.05, 0) is 19.8 Å². The zero-order valence-corrected chi connectivity index (χ0v) is 19.6. The number of unbranched alkanes of at least 4 members (excludes halogenated alkanes) is 13. The number of carbonyl (C=O) groups excluding carboxylic acids is 1. The Morgan fingerprint density at radius 2 is 1.29 bits per heavy atom. The van der Waals surface area contributed by atoms with Gasteiger partial charge in [-0.3, -0.25) is 0 Å². The molecule has 0 aliphatic carbocycles. The number of hydrogen-bond acceptors (Lipinski definition) is 2. The van der Waals surface area contributed by atoms with Gasteiger partial charge in [-0.15, -0.1) is 0 Å². The van der Waals surface area contributed by atoms with Gasteiger partial charge in [0.1, 0.15) is 13.2 Å². The van der Waals surface area contributed by atoms with Crippen molar-refractivity contribution in [2.45, 2.75) is 116 Å². The van der Waals surface area contributed by atoms with Crippen molar-refractivity contribution >= 4 is 5.97 Å². The average Bonchev–Trinajstić information content (AvgIpc) is 2.67. The summed E-state index contributed by atoms with van der Waals surface area (Å²) < 4.78 is 6.04. The van der Waals surface area contributed by atoms with E-state index in [9.17, 15) is 4.79 Å². The fourth-order valence-corrected chi connectivity index (χ4v) is 3.64. The van der Waals surface area contributed by atoms with Gasteiger partial charge in [0.25, 0.3) is 0 Å². The van der Waals surface area contributed by atoms with Crippen molar-refractivity contribution in [2.75, 3.05) is 27.2 Å². The summed E-state index contributed by atoms with van der Waals surface area (Å²) in [5, 5.41) is 0. The number of quaternary nitrogens is 1. The molecule has 0 aromatic heterocycles. The van der Waals surface area contributed by atoms with E-state index in [0.717, 1.165) is 11.0 Å². The second-order valence-corrected chi connectivity index (χ2v) is 9.11. The molecule has 0 saturated carbocycles. The fraction of sp³-hybridized carbons (Fsp3) is 0.880. The zero-order chi connectivity index (χ0) is 21.1. The molecule has 28 heavy (non-hydrogen) atoms. The van der Waals surface area contributed by atoms with Gasteiger partial charge >= 0.3 is 5.97 Å². The van der Waals surface area contributed by atoms with Gasteiger partial charge in [-0.25, -0.2) is 4.79 Å². The van der Waals surface area contributed by atoms with Crippen LogP contribution in [0.3, 0.4) is 0 Å². The molecule has 0 bridgehead atoms. The van der Waals surface area contributed by atoms with E-state index >= 15 is 0 Å². The maximum atomic E-state index is 11.1. The number of hydrogen-bond donors (Lipinski definition) is 0. The molecular weight excluding hydrogens is 346 g/mol.